The molecule has 0 fully saturated rings. The quantitative estimate of drug-likeness (QED) is 0.164. The molecule has 1 nitrogen and oxygen atoms in total. The molecule has 0 saturated carbocycles. The Bertz CT molecular complexity index is 3140. The first kappa shape index (κ1) is 33.6. The van der Waals surface area contributed by atoms with Crippen LogP contribution in [0.4, 0.5) is 17.1 Å². The van der Waals surface area contributed by atoms with E-state index in [0.717, 1.165) is 17.1 Å². The molecule has 0 amide bonds. The predicted octanol–water partition coefficient (Wildman–Crippen LogP) is 16.0. The lowest BCUT2D eigenvalue weighted by molar-refractivity contribution is 0.662. The van der Waals surface area contributed by atoms with Crippen LogP contribution in [0.25, 0.3) is 75.5 Å². The molecule has 0 atom stereocenters. The standard InChI is InChI=1S/C55H39NS/c1-55(2)51-22-7-5-17-47(51)50-21-11-20-46(54(50)55)38-26-31-42(32-27-38)56(43-15-9-14-40(34-43)45-19-10-13-37-12-3-4-16-44(37)45)41-29-24-36(25-30-41)39-28-33-49-48-18-6-8-23-52(48)57-53(49)35-39/h3-35H,1-2H3. The molecule has 0 aliphatic heterocycles. The second kappa shape index (κ2) is 13.2. The second-order valence-corrected chi connectivity index (χ2v) is 16.8. The monoisotopic (exact) mass is 745 g/mol. The van der Waals surface area contributed by atoms with Crippen LogP contribution in [0.5, 0.6) is 0 Å². The number of rotatable bonds is 6. The largest absolute Gasteiger partial charge is 0.310 e. The molecular formula is C55H39NS. The number of fused-ring (bicyclic) bond motifs is 7. The van der Waals surface area contributed by atoms with Crippen LogP contribution < -0.4 is 4.90 Å². The lowest BCUT2D eigenvalue weighted by Gasteiger charge is -2.27. The zero-order chi connectivity index (χ0) is 38.1. The predicted molar refractivity (Wildman–Crippen MR) is 245 cm³/mol. The Kier molecular flexibility index (Phi) is 7.77. The van der Waals surface area contributed by atoms with Crippen LogP contribution in [-0.2, 0) is 5.41 Å². The van der Waals surface area contributed by atoms with Crippen molar-refractivity contribution in [1.29, 1.82) is 0 Å². The van der Waals surface area contributed by atoms with Crippen molar-refractivity contribution in [1.82, 2.24) is 0 Å². The van der Waals surface area contributed by atoms with Crippen molar-refractivity contribution in [3.63, 3.8) is 0 Å². The van der Waals surface area contributed by atoms with Crippen molar-refractivity contribution in [2.24, 2.45) is 0 Å². The fourth-order valence-electron chi connectivity index (χ4n) is 9.32. The van der Waals surface area contributed by atoms with E-state index >= 15 is 0 Å². The van der Waals surface area contributed by atoms with Gasteiger partial charge in [0.2, 0.25) is 0 Å². The molecule has 270 valence electrons. The highest BCUT2D eigenvalue weighted by molar-refractivity contribution is 7.25. The summed E-state index contributed by atoms with van der Waals surface area (Å²) < 4.78 is 2.65. The Hall–Kier alpha value is -6.74. The van der Waals surface area contributed by atoms with E-state index in [1.807, 2.05) is 11.3 Å². The minimum absolute atomic E-state index is 0.0848. The highest BCUT2D eigenvalue weighted by Gasteiger charge is 2.37. The maximum absolute atomic E-state index is 2.40. The summed E-state index contributed by atoms with van der Waals surface area (Å²) in [4.78, 5) is 2.40. The number of anilines is 3. The first-order valence-corrected chi connectivity index (χ1v) is 20.6. The minimum atomic E-state index is -0.0848. The van der Waals surface area contributed by atoms with E-state index in [1.54, 1.807) is 0 Å². The number of benzene rings is 9. The van der Waals surface area contributed by atoms with Crippen LogP contribution in [0.1, 0.15) is 25.0 Å². The second-order valence-electron chi connectivity index (χ2n) is 15.7. The van der Waals surface area contributed by atoms with Gasteiger partial charge in [-0.1, -0.05) is 166 Å². The van der Waals surface area contributed by atoms with E-state index in [-0.39, 0.29) is 5.41 Å². The average Bonchev–Trinajstić information content (AvgIpc) is 3.75. The van der Waals surface area contributed by atoms with Gasteiger partial charge < -0.3 is 4.90 Å². The van der Waals surface area contributed by atoms with Crippen LogP contribution in [0, 0.1) is 0 Å². The molecule has 0 spiro atoms. The molecule has 0 bridgehead atoms. The third-order valence-corrected chi connectivity index (χ3v) is 13.2. The molecule has 2 heteroatoms. The maximum Gasteiger partial charge on any atom is 0.0467 e. The normalized spacial score (nSPS) is 12.9. The van der Waals surface area contributed by atoms with E-state index in [2.05, 4.69) is 219 Å². The fraction of sp³-hybridized carbons (Fsp3) is 0.0545. The molecular weight excluding hydrogens is 707 g/mol. The van der Waals surface area contributed by atoms with Crippen molar-refractivity contribution in [3.05, 3.63) is 211 Å². The van der Waals surface area contributed by atoms with Gasteiger partial charge in [-0.2, -0.15) is 0 Å². The molecule has 0 radical (unpaired) electrons. The van der Waals surface area contributed by atoms with Crippen molar-refractivity contribution in [3.8, 4) is 44.5 Å². The summed E-state index contributed by atoms with van der Waals surface area (Å²) in [5, 5.41) is 5.16. The molecule has 1 heterocycles. The van der Waals surface area contributed by atoms with E-state index in [4.69, 9.17) is 0 Å². The highest BCUT2D eigenvalue weighted by atomic mass is 32.1. The van der Waals surface area contributed by atoms with Crippen molar-refractivity contribution in [2.75, 3.05) is 4.90 Å². The van der Waals surface area contributed by atoms with Crippen LogP contribution in [0.15, 0.2) is 200 Å². The van der Waals surface area contributed by atoms with Gasteiger partial charge in [0.1, 0.15) is 0 Å². The van der Waals surface area contributed by atoms with Crippen LogP contribution in [-0.4, -0.2) is 0 Å². The van der Waals surface area contributed by atoms with Crippen LogP contribution in [0.3, 0.4) is 0 Å². The fourth-order valence-corrected chi connectivity index (χ4v) is 10.5. The lowest BCUT2D eigenvalue weighted by Crippen LogP contribution is -2.16. The first-order chi connectivity index (χ1) is 28.0. The summed E-state index contributed by atoms with van der Waals surface area (Å²) in [6.45, 7) is 4.73. The summed E-state index contributed by atoms with van der Waals surface area (Å²) in [6, 6.07) is 73.8. The molecule has 11 rings (SSSR count). The van der Waals surface area contributed by atoms with Gasteiger partial charge in [-0.25, -0.2) is 0 Å². The topological polar surface area (TPSA) is 3.24 Å². The van der Waals surface area contributed by atoms with Gasteiger partial charge in [-0.05, 0) is 115 Å². The van der Waals surface area contributed by atoms with E-state index in [9.17, 15) is 0 Å². The van der Waals surface area contributed by atoms with Gasteiger partial charge >= 0.3 is 0 Å². The third-order valence-electron chi connectivity index (χ3n) is 12.1. The zero-order valence-corrected chi connectivity index (χ0v) is 32.7. The van der Waals surface area contributed by atoms with Gasteiger partial charge in [-0.3, -0.25) is 0 Å². The van der Waals surface area contributed by atoms with E-state index in [1.165, 1.54) is 86.6 Å². The van der Waals surface area contributed by atoms with E-state index < -0.39 is 0 Å². The summed E-state index contributed by atoms with van der Waals surface area (Å²) in [6.07, 6.45) is 0. The number of hydrogen-bond acceptors (Lipinski definition) is 2. The Morgan fingerprint density at radius 3 is 1.81 bits per heavy atom. The number of nitrogens with zero attached hydrogens (tertiary/aromatic N) is 1. The van der Waals surface area contributed by atoms with Crippen LogP contribution >= 0.6 is 11.3 Å². The molecule has 0 N–H and O–H groups in total. The summed E-state index contributed by atoms with van der Waals surface area (Å²) in [7, 11) is 0. The Morgan fingerprint density at radius 2 is 0.965 bits per heavy atom. The third kappa shape index (κ3) is 5.51. The highest BCUT2D eigenvalue weighted by Crippen LogP contribution is 2.52. The van der Waals surface area contributed by atoms with Gasteiger partial charge in [0.15, 0.2) is 0 Å². The molecule has 1 aromatic heterocycles. The molecule has 1 aliphatic carbocycles. The van der Waals surface area contributed by atoms with Gasteiger partial charge in [0, 0.05) is 42.6 Å². The summed E-state index contributed by atoms with van der Waals surface area (Å²) in [5.41, 5.74) is 16.1. The molecule has 57 heavy (non-hydrogen) atoms. The molecule has 9 aromatic carbocycles. The number of thiophene rings is 1. The molecule has 0 saturated heterocycles. The average molecular weight is 746 g/mol. The Balaban J connectivity index is 1.01. The smallest absolute Gasteiger partial charge is 0.0467 e. The summed E-state index contributed by atoms with van der Waals surface area (Å²) >= 11 is 1.87. The summed E-state index contributed by atoms with van der Waals surface area (Å²) in [5.74, 6) is 0. The Morgan fingerprint density at radius 1 is 0.368 bits per heavy atom. The van der Waals surface area contributed by atoms with Gasteiger partial charge in [0.25, 0.3) is 0 Å². The Labute approximate surface area is 337 Å². The van der Waals surface area contributed by atoms with Gasteiger partial charge in [0.05, 0.1) is 0 Å². The first-order valence-electron chi connectivity index (χ1n) is 19.8. The van der Waals surface area contributed by atoms with Crippen molar-refractivity contribution in [2.45, 2.75) is 19.3 Å². The maximum atomic E-state index is 2.40. The van der Waals surface area contributed by atoms with E-state index in [0.29, 0.717) is 0 Å². The SMILES string of the molecule is CC1(C)c2ccccc2-c2cccc(-c3ccc(N(c4ccc(-c5ccc6c(c5)sc5ccccc56)cc4)c4cccc(-c5cccc6ccccc56)c4)cc3)c21. The zero-order valence-electron chi connectivity index (χ0n) is 31.9. The molecule has 10 aromatic rings. The lowest BCUT2D eigenvalue weighted by atomic mass is 9.79. The van der Waals surface area contributed by atoms with Crippen molar-refractivity contribution < 1.29 is 0 Å². The molecule has 1 aliphatic rings. The van der Waals surface area contributed by atoms with Crippen molar-refractivity contribution >= 4 is 59.3 Å². The minimum Gasteiger partial charge on any atom is -0.310 e. The molecule has 0 unspecified atom stereocenters. The van der Waals surface area contributed by atoms with Gasteiger partial charge in [-0.15, -0.1) is 11.3 Å². The number of hydrogen-bond donors (Lipinski definition) is 0. The van der Waals surface area contributed by atoms with Crippen LogP contribution in [0.2, 0.25) is 0 Å².